The van der Waals surface area contributed by atoms with Crippen LogP contribution in [0.1, 0.15) is 27.8 Å². The standard InChI is InChI=1S/C22H24ClFO6/c23-17-9-15-11-29-22(21(28)20(27)19(26)18(10-25)30-22)16(15)8-14(17)7-13-3-1-12(2-4-13)5-6-24/h1-4,8-9,18-21,25-28H,5-7,10-11H2/t18-,19-,20+,21-,22+/m1/s1. The molecule has 2 aliphatic heterocycles. The predicted octanol–water partition coefficient (Wildman–Crippen LogP) is 1.60. The van der Waals surface area contributed by atoms with Crippen molar-refractivity contribution in [2.24, 2.45) is 0 Å². The van der Waals surface area contributed by atoms with E-state index >= 15 is 0 Å². The van der Waals surface area contributed by atoms with Crippen LogP contribution in [0.3, 0.4) is 0 Å². The molecule has 8 heteroatoms. The Bertz CT molecular complexity index is 905. The monoisotopic (exact) mass is 438 g/mol. The molecular weight excluding hydrogens is 415 g/mol. The highest BCUT2D eigenvalue weighted by Gasteiger charge is 2.58. The van der Waals surface area contributed by atoms with Crippen LogP contribution in [-0.4, -0.2) is 58.1 Å². The van der Waals surface area contributed by atoms with Crippen molar-refractivity contribution >= 4 is 11.6 Å². The molecule has 2 aromatic carbocycles. The van der Waals surface area contributed by atoms with Gasteiger partial charge in [-0.3, -0.25) is 4.39 Å². The molecule has 1 saturated heterocycles. The van der Waals surface area contributed by atoms with E-state index in [1.54, 1.807) is 12.1 Å². The van der Waals surface area contributed by atoms with Gasteiger partial charge in [0, 0.05) is 17.0 Å². The van der Waals surface area contributed by atoms with Crippen LogP contribution >= 0.6 is 11.6 Å². The average Bonchev–Trinajstić information content (AvgIpc) is 3.09. The molecule has 30 heavy (non-hydrogen) atoms. The number of fused-ring (bicyclic) bond motifs is 2. The normalized spacial score (nSPS) is 30.6. The maximum atomic E-state index is 12.5. The molecule has 0 amide bonds. The minimum atomic E-state index is -1.70. The molecule has 0 bridgehead atoms. The molecule has 4 N–H and O–H groups in total. The van der Waals surface area contributed by atoms with E-state index in [0.717, 1.165) is 16.7 Å². The summed E-state index contributed by atoms with van der Waals surface area (Å²) in [6.45, 7) is -0.849. The van der Waals surface area contributed by atoms with Gasteiger partial charge in [-0.2, -0.15) is 0 Å². The molecule has 2 aromatic rings. The number of halogens is 2. The van der Waals surface area contributed by atoms with E-state index in [4.69, 9.17) is 21.1 Å². The highest BCUT2D eigenvalue weighted by Crippen LogP contribution is 2.47. The summed E-state index contributed by atoms with van der Waals surface area (Å²) in [5.41, 5.74) is 3.85. The van der Waals surface area contributed by atoms with Crippen molar-refractivity contribution in [1.29, 1.82) is 0 Å². The summed E-state index contributed by atoms with van der Waals surface area (Å²) in [5, 5.41) is 41.1. The lowest BCUT2D eigenvalue weighted by molar-refractivity contribution is -0.368. The van der Waals surface area contributed by atoms with Crippen molar-refractivity contribution in [3.05, 3.63) is 69.2 Å². The minimum absolute atomic E-state index is 0.102. The quantitative estimate of drug-likeness (QED) is 0.566. The molecule has 2 aliphatic rings. The minimum Gasteiger partial charge on any atom is -0.394 e. The van der Waals surface area contributed by atoms with Crippen LogP contribution in [0.15, 0.2) is 36.4 Å². The number of hydrogen-bond acceptors (Lipinski definition) is 6. The van der Waals surface area contributed by atoms with E-state index < -0.39 is 43.5 Å². The molecule has 4 rings (SSSR count). The van der Waals surface area contributed by atoms with Gasteiger partial charge >= 0.3 is 0 Å². The van der Waals surface area contributed by atoms with Crippen molar-refractivity contribution in [3.63, 3.8) is 0 Å². The number of ether oxygens (including phenoxy) is 2. The number of aliphatic hydroxyl groups excluding tert-OH is 4. The second-order valence-electron chi connectivity index (χ2n) is 7.75. The Hall–Kier alpha value is -1.58. The molecule has 5 atom stereocenters. The Labute approximate surface area is 178 Å². The fourth-order valence-corrected chi connectivity index (χ4v) is 4.39. The van der Waals surface area contributed by atoms with Gasteiger partial charge in [-0.15, -0.1) is 0 Å². The van der Waals surface area contributed by atoms with Gasteiger partial charge in [0.1, 0.15) is 24.4 Å². The summed E-state index contributed by atoms with van der Waals surface area (Å²) < 4.78 is 24.1. The van der Waals surface area contributed by atoms with Crippen LogP contribution in [-0.2, 0) is 34.7 Å². The first-order valence-corrected chi connectivity index (χ1v) is 10.2. The largest absolute Gasteiger partial charge is 0.394 e. The highest BCUT2D eigenvalue weighted by atomic mass is 35.5. The molecule has 0 aromatic heterocycles. The average molecular weight is 439 g/mol. The molecule has 0 radical (unpaired) electrons. The Kier molecular flexibility index (Phi) is 6.14. The van der Waals surface area contributed by atoms with E-state index in [2.05, 4.69) is 0 Å². The van der Waals surface area contributed by atoms with Gasteiger partial charge in [0.2, 0.25) is 5.79 Å². The highest BCUT2D eigenvalue weighted by molar-refractivity contribution is 6.31. The third-order valence-electron chi connectivity index (χ3n) is 5.84. The van der Waals surface area contributed by atoms with Crippen LogP contribution < -0.4 is 0 Å². The Morgan fingerprint density at radius 1 is 1.07 bits per heavy atom. The first kappa shape index (κ1) is 21.6. The zero-order chi connectivity index (χ0) is 21.5. The first-order chi connectivity index (χ1) is 14.4. The summed E-state index contributed by atoms with van der Waals surface area (Å²) in [7, 11) is 0. The number of rotatable bonds is 5. The van der Waals surface area contributed by atoms with Gasteiger partial charge < -0.3 is 29.9 Å². The van der Waals surface area contributed by atoms with Crippen molar-refractivity contribution < 1.29 is 34.3 Å². The van der Waals surface area contributed by atoms with E-state index in [1.165, 1.54) is 0 Å². The topological polar surface area (TPSA) is 99.4 Å². The SMILES string of the molecule is OC[C@H]1O[C@]2(OCc3cc(Cl)c(Cc4ccc(CCF)cc4)cc32)[C@H](O)[C@@H](O)[C@@H]1O. The Morgan fingerprint density at radius 3 is 2.43 bits per heavy atom. The molecule has 1 fully saturated rings. The predicted molar refractivity (Wildman–Crippen MR) is 107 cm³/mol. The van der Waals surface area contributed by atoms with Gasteiger partial charge in [-0.1, -0.05) is 35.9 Å². The maximum absolute atomic E-state index is 12.5. The van der Waals surface area contributed by atoms with Gasteiger partial charge in [0.25, 0.3) is 0 Å². The molecule has 0 saturated carbocycles. The van der Waals surface area contributed by atoms with E-state index in [1.807, 2.05) is 24.3 Å². The zero-order valence-corrected chi connectivity index (χ0v) is 16.9. The molecule has 0 aliphatic carbocycles. The number of benzene rings is 2. The molecule has 6 nitrogen and oxygen atoms in total. The van der Waals surface area contributed by atoms with E-state index in [0.29, 0.717) is 29.0 Å². The van der Waals surface area contributed by atoms with Crippen LogP contribution in [0, 0.1) is 0 Å². The number of alkyl halides is 1. The molecule has 162 valence electrons. The van der Waals surface area contributed by atoms with Gasteiger partial charge in [0.05, 0.1) is 19.9 Å². The van der Waals surface area contributed by atoms with Crippen molar-refractivity contribution in [1.82, 2.24) is 0 Å². The molecule has 0 unspecified atom stereocenters. The van der Waals surface area contributed by atoms with Gasteiger partial charge in [0.15, 0.2) is 0 Å². The summed E-state index contributed by atoms with van der Waals surface area (Å²) in [5.74, 6) is -1.70. The maximum Gasteiger partial charge on any atom is 0.225 e. The van der Waals surface area contributed by atoms with Gasteiger partial charge in [-0.05, 0) is 40.8 Å². The molecular formula is C22H24ClFO6. The summed E-state index contributed by atoms with van der Waals surface area (Å²) in [6, 6.07) is 11.1. The first-order valence-electron chi connectivity index (χ1n) is 9.82. The lowest BCUT2D eigenvalue weighted by Gasteiger charge is -2.46. The third-order valence-corrected chi connectivity index (χ3v) is 6.19. The fraction of sp³-hybridized carbons (Fsp3) is 0.455. The summed E-state index contributed by atoms with van der Waals surface area (Å²) in [6.07, 6.45) is -4.80. The number of aryl methyl sites for hydroxylation is 1. The van der Waals surface area contributed by atoms with Crippen LogP contribution in [0.25, 0.3) is 0 Å². The fourth-order valence-electron chi connectivity index (χ4n) is 4.14. The zero-order valence-electron chi connectivity index (χ0n) is 16.2. The van der Waals surface area contributed by atoms with Crippen LogP contribution in [0.2, 0.25) is 5.02 Å². The van der Waals surface area contributed by atoms with Gasteiger partial charge in [-0.25, -0.2) is 0 Å². The number of hydrogen-bond donors (Lipinski definition) is 4. The summed E-state index contributed by atoms with van der Waals surface area (Å²) >= 11 is 6.47. The van der Waals surface area contributed by atoms with Crippen molar-refractivity contribution in [2.45, 2.75) is 49.7 Å². The second kappa shape index (κ2) is 8.51. The van der Waals surface area contributed by atoms with Crippen molar-refractivity contribution in [3.8, 4) is 0 Å². The third kappa shape index (κ3) is 3.65. The lowest BCUT2D eigenvalue weighted by Crippen LogP contribution is -2.63. The van der Waals surface area contributed by atoms with E-state index in [9.17, 15) is 24.8 Å². The summed E-state index contributed by atoms with van der Waals surface area (Å²) in [4.78, 5) is 0. The van der Waals surface area contributed by atoms with Crippen LogP contribution in [0.5, 0.6) is 0 Å². The molecule has 2 heterocycles. The van der Waals surface area contributed by atoms with Crippen LogP contribution in [0.4, 0.5) is 4.39 Å². The number of aliphatic hydroxyl groups is 4. The van der Waals surface area contributed by atoms with Crippen molar-refractivity contribution in [2.75, 3.05) is 13.3 Å². The Morgan fingerprint density at radius 2 is 1.77 bits per heavy atom. The van der Waals surface area contributed by atoms with E-state index in [-0.39, 0.29) is 6.61 Å². The molecule has 1 spiro atoms. The Balaban J connectivity index is 1.67. The second-order valence-corrected chi connectivity index (χ2v) is 8.16. The smallest absolute Gasteiger partial charge is 0.225 e. The lowest BCUT2D eigenvalue weighted by atomic mass is 9.86.